The first kappa shape index (κ1) is 17.9. The van der Waals surface area contributed by atoms with Crippen LogP contribution in [-0.4, -0.2) is 41.6 Å². The van der Waals surface area contributed by atoms with E-state index in [0.29, 0.717) is 35.3 Å². The highest BCUT2D eigenvalue weighted by atomic mass is 16.2. The Balaban J connectivity index is 1.32. The summed E-state index contributed by atoms with van der Waals surface area (Å²) in [5, 5.41) is 5.55. The number of anilines is 1. The third-order valence-corrected chi connectivity index (χ3v) is 4.98. The standard InChI is InChI=1S/C21H19N3O4/c25-18(23-14-8-7-13-9-10-22-19(26)17(13)12-14)6-3-11-24-20(27)15-4-1-2-5-16(15)21(24)28/h1-2,4-5,7-8,12H,3,6,9-11H2,(H,22,26)(H,23,25). The number of fused-ring (bicyclic) bond motifs is 2. The topological polar surface area (TPSA) is 95.6 Å². The molecule has 2 aliphatic rings. The molecule has 2 heterocycles. The van der Waals surface area contributed by atoms with E-state index in [1.165, 1.54) is 4.90 Å². The van der Waals surface area contributed by atoms with Crippen molar-refractivity contribution in [1.82, 2.24) is 10.2 Å². The van der Waals surface area contributed by atoms with Gasteiger partial charge in [0.05, 0.1) is 11.1 Å². The Morgan fingerprint density at radius 3 is 2.43 bits per heavy atom. The molecule has 142 valence electrons. The zero-order valence-electron chi connectivity index (χ0n) is 15.2. The van der Waals surface area contributed by atoms with Gasteiger partial charge in [0.15, 0.2) is 0 Å². The molecule has 0 unspecified atom stereocenters. The summed E-state index contributed by atoms with van der Waals surface area (Å²) in [4.78, 5) is 49.9. The minimum atomic E-state index is -0.318. The molecule has 0 aliphatic carbocycles. The lowest BCUT2D eigenvalue weighted by Crippen LogP contribution is -2.32. The summed E-state index contributed by atoms with van der Waals surface area (Å²) in [6, 6.07) is 12.0. The van der Waals surface area contributed by atoms with E-state index in [4.69, 9.17) is 0 Å². The molecule has 28 heavy (non-hydrogen) atoms. The molecular weight excluding hydrogens is 358 g/mol. The van der Waals surface area contributed by atoms with Gasteiger partial charge >= 0.3 is 0 Å². The molecule has 0 radical (unpaired) electrons. The van der Waals surface area contributed by atoms with Crippen molar-refractivity contribution in [1.29, 1.82) is 0 Å². The van der Waals surface area contributed by atoms with Crippen molar-refractivity contribution in [3.8, 4) is 0 Å². The third-order valence-electron chi connectivity index (χ3n) is 4.98. The maximum absolute atomic E-state index is 12.3. The minimum Gasteiger partial charge on any atom is -0.352 e. The van der Waals surface area contributed by atoms with E-state index in [1.54, 1.807) is 36.4 Å². The first-order valence-electron chi connectivity index (χ1n) is 9.21. The maximum atomic E-state index is 12.3. The van der Waals surface area contributed by atoms with Crippen LogP contribution in [0.1, 0.15) is 49.5 Å². The molecule has 2 aromatic rings. The van der Waals surface area contributed by atoms with Gasteiger partial charge in [-0.05, 0) is 42.7 Å². The van der Waals surface area contributed by atoms with Gasteiger partial charge in [-0.15, -0.1) is 0 Å². The van der Waals surface area contributed by atoms with Gasteiger partial charge in [-0.3, -0.25) is 24.1 Å². The molecule has 7 nitrogen and oxygen atoms in total. The number of carbonyl (C=O) groups is 4. The van der Waals surface area contributed by atoms with Gasteiger partial charge < -0.3 is 10.6 Å². The van der Waals surface area contributed by atoms with Gasteiger partial charge in [-0.1, -0.05) is 18.2 Å². The van der Waals surface area contributed by atoms with Gasteiger partial charge in [0, 0.05) is 30.8 Å². The predicted molar refractivity (Wildman–Crippen MR) is 102 cm³/mol. The van der Waals surface area contributed by atoms with E-state index in [1.807, 2.05) is 6.07 Å². The number of hydrogen-bond acceptors (Lipinski definition) is 4. The van der Waals surface area contributed by atoms with E-state index in [0.717, 1.165) is 12.0 Å². The fourth-order valence-corrected chi connectivity index (χ4v) is 3.55. The van der Waals surface area contributed by atoms with E-state index >= 15 is 0 Å². The van der Waals surface area contributed by atoms with Gasteiger partial charge in [-0.2, -0.15) is 0 Å². The number of carbonyl (C=O) groups excluding carboxylic acids is 4. The first-order chi connectivity index (χ1) is 13.5. The van der Waals surface area contributed by atoms with Crippen LogP contribution in [0.5, 0.6) is 0 Å². The minimum absolute atomic E-state index is 0.136. The Hall–Kier alpha value is -3.48. The summed E-state index contributed by atoms with van der Waals surface area (Å²) in [5.74, 6) is -1.00. The second-order valence-electron chi connectivity index (χ2n) is 6.84. The summed E-state index contributed by atoms with van der Waals surface area (Å²) in [6.07, 6.45) is 1.30. The highest BCUT2D eigenvalue weighted by molar-refractivity contribution is 6.21. The normalized spacial score (nSPS) is 15.1. The lowest BCUT2D eigenvalue weighted by molar-refractivity contribution is -0.116. The number of benzene rings is 2. The van der Waals surface area contributed by atoms with Crippen LogP contribution in [-0.2, 0) is 11.2 Å². The van der Waals surface area contributed by atoms with Gasteiger partial charge in [0.1, 0.15) is 0 Å². The van der Waals surface area contributed by atoms with E-state index in [2.05, 4.69) is 10.6 Å². The van der Waals surface area contributed by atoms with Crippen molar-refractivity contribution >= 4 is 29.3 Å². The van der Waals surface area contributed by atoms with Crippen LogP contribution in [0.2, 0.25) is 0 Å². The van der Waals surface area contributed by atoms with Crippen molar-refractivity contribution < 1.29 is 19.2 Å². The van der Waals surface area contributed by atoms with Crippen LogP contribution in [0.4, 0.5) is 5.69 Å². The Morgan fingerprint density at radius 2 is 1.71 bits per heavy atom. The zero-order chi connectivity index (χ0) is 19.7. The summed E-state index contributed by atoms with van der Waals surface area (Å²) in [7, 11) is 0. The number of nitrogens with one attached hydrogen (secondary N) is 2. The largest absolute Gasteiger partial charge is 0.352 e. The van der Waals surface area contributed by atoms with Crippen LogP contribution in [0, 0.1) is 0 Å². The van der Waals surface area contributed by atoms with Crippen molar-refractivity contribution in [2.75, 3.05) is 18.4 Å². The molecule has 0 saturated carbocycles. The predicted octanol–water partition coefficient (Wildman–Crippen LogP) is 1.99. The molecule has 2 aromatic carbocycles. The van der Waals surface area contributed by atoms with Gasteiger partial charge in [0.25, 0.3) is 17.7 Å². The van der Waals surface area contributed by atoms with Crippen molar-refractivity contribution in [3.05, 3.63) is 64.7 Å². The van der Waals surface area contributed by atoms with Crippen LogP contribution in [0.25, 0.3) is 0 Å². The smallest absolute Gasteiger partial charge is 0.261 e. The molecule has 2 N–H and O–H groups in total. The summed E-state index contributed by atoms with van der Waals surface area (Å²) in [6.45, 7) is 0.807. The Bertz CT molecular complexity index is 964. The molecule has 0 fully saturated rings. The molecular formula is C21H19N3O4. The molecule has 0 aromatic heterocycles. The highest BCUT2D eigenvalue weighted by Gasteiger charge is 2.34. The number of imide groups is 1. The van der Waals surface area contributed by atoms with Gasteiger partial charge in [-0.25, -0.2) is 0 Å². The maximum Gasteiger partial charge on any atom is 0.261 e. The van der Waals surface area contributed by atoms with Crippen LogP contribution in [0.3, 0.4) is 0 Å². The average Bonchev–Trinajstić information content (AvgIpc) is 2.94. The number of rotatable bonds is 5. The Labute approximate surface area is 161 Å². The van der Waals surface area contributed by atoms with Gasteiger partial charge in [0.2, 0.25) is 5.91 Å². The quantitative estimate of drug-likeness (QED) is 0.779. The first-order valence-corrected chi connectivity index (χ1v) is 9.21. The number of amides is 4. The lowest BCUT2D eigenvalue weighted by Gasteiger charge is -2.17. The second-order valence-corrected chi connectivity index (χ2v) is 6.84. The SMILES string of the molecule is O=C(CCCN1C(=O)c2ccccc2C1=O)Nc1ccc2c(c1)C(=O)NCC2. The van der Waals surface area contributed by atoms with E-state index in [9.17, 15) is 19.2 Å². The highest BCUT2D eigenvalue weighted by Crippen LogP contribution is 2.23. The van der Waals surface area contributed by atoms with E-state index in [-0.39, 0.29) is 36.6 Å². The van der Waals surface area contributed by atoms with Crippen molar-refractivity contribution in [2.45, 2.75) is 19.3 Å². The lowest BCUT2D eigenvalue weighted by atomic mass is 10.00. The molecule has 0 saturated heterocycles. The fourth-order valence-electron chi connectivity index (χ4n) is 3.55. The summed E-state index contributed by atoms with van der Waals surface area (Å²) in [5.41, 5.74) is 2.91. The van der Waals surface area contributed by atoms with E-state index < -0.39 is 0 Å². The molecule has 2 aliphatic heterocycles. The Kier molecular flexibility index (Phi) is 4.65. The third kappa shape index (κ3) is 3.26. The zero-order valence-corrected chi connectivity index (χ0v) is 15.2. The number of nitrogens with zero attached hydrogens (tertiary/aromatic N) is 1. The fraction of sp³-hybridized carbons (Fsp3) is 0.238. The molecule has 4 amide bonds. The van der Waals surface area contributed by atoms with Crippen LogP contribution < -0.4 is 10.6 Å². The molecule has 0 spiro atoms. The molecule has 4 rings (SSSR count). The summed E-state index contributed by atoms with van der Waals surface area (Å²) < 4.78 is 0. The summed E-state index contributed by atoms with van der Waals surface area (Å²) >= 11 is 0. The molecule has 0 bridgehead atoms. The van der Waals surface area contributed by atoms with Crippen LogP contribution >= 0.6 is 0 Å². The molecule has 0 atom stereocenters. The monoisotopic (exact) mass is 377 g/mol. The Morgan fingerprint density at radius 1 is 1.00 bits per heavy atom. The van der Waals surface area contributed by atoms with Crippen molar-refractivity contribution in [2.24, 2.45) is 0 Å². The van der Waals surface area contributed by atoms with Crippen LogP contribution in [0.15, 0.2) is 42.5 Å². The second kappa shape index (κ2) is 7.26. The van der Waals surface area contributed by atoms with Crippen molar-refractivity contribution in [3.63, 3.8) is 0 Å². The average molecular weight is 377 g/mol. The molecule has 7 heteroatoms. The number of hydrogen-bond donors (Lipinski definition) is 2.